The van der Waals surface area contributed by atoms with E-state index in [0.29, 0.717) is 0 Å². The molecule has 0 aromatic rings. The molecule has 2 N–H and O–H groups in total. The molecule has 0 fully saturated rings. The van der Waals surface area contributed by atoms with Crippen molar-refractivity contribution in [2.75, 3.05) is 6.54 Å². The third-order valence-electron chi connectivity index (χ3n) is 1.16. The van der Waals surface area contributed by atoms with Gasteiger partial charge < -0.3 is 5.11 Å². The first kappa shape index (κ1) is 10.4. The van der Waals surface area contributed by atoms with Crippen LogP contribution in [0.2, 0.25) is 0 Å². The summed E-state index contributed by atoms with van der Waals surface area (Å²) in [4.78, 5) is 10.2. The summed E-state index contributed by atoms with van der Waals surface area (Å²) in [5.74, 6) is -1.34. The summed E-state index contributed by atoms with van der Waals surface area (Å²) in [5.41, 5.74) is 0. The lowest BCUT2D eigenvalue weighted by Gasteiger charge is -2.07. The molecule has 5 nitrogen and oxygen atoms in total. The van der Waals surface area contributed by atoms with E-state index in [0.717, 1.165) is 6.92 Å². The fourth-order valence-electron chi connectivity index (χ4n) is 0.459. The van der Waals surface area contributed by atoms with Crippen molar-refractivity contribution >= 4 is 16.0 Å². The van der Waals surface area contributed by atoms with E-state index in [9.17, 15) is 13.2 Å². The largest absolute Gasteiger partial charge is 0.480 e. The van der Waals surface area contributed by atoms with Gasteiger partial charge in [-0.1, -0.05) is 6.92 Å². The smallest absolute Gasteiger partial charge is 0.323 e. The van der Waals surface area contributed by atoms with Gasteiger partial charge in [-0.05, 0) is 6.92 Å². The van der Waals surface area contributed by atoms with Gasteiger partial charge in [0.15, 0.2) is 5.25 Å². The number of rotatable bonds is 4. The van der Waals surface area contributed by atoms with E-state index in [1.54, 1.807) is 6.92 Å². The molecule has 11 heavy (non-hydrogen) atoms. The molecule has 0 spiro atoms. The standard InChI is InChI=1S/C5H11NO4S/c1-3-6-11(9,10)4(2)5(7)8/h4,6H,3H2,1-2H3,(H,7,8). The number of sulfonamides is 1. The van der Waals surface area contributed by atoms with E-state index in [-0.39, 0.29) is 6.54 Å². The Labute approximate surface area is 65.5 Å². The predicted molar refractivity (Wildman–Crippen MR) is 39.7 cm³/mol. The van der Waals surface area contributed by atoms with Crippen molar-refractivity contribution in [1.82, 2.24) is 4.72 Å². The van der Waals surface area contributed by atoms with Crippen molar-refractivity contribution < 1.29 is 18.3 Å². The van der Waals surface area contributed by atoms with Crippen LogP contribution in [0, 0.1) is 0 Å². The number of aliphatic carboxylic acids is 1. The Kier molecular flexibility index (Phi) is 3.47. The van der Waals surface area contributed by atoms with Gasteiger partial charge >= 0.3 is 5.97 Å². The maximum Gasteiger partial charge on any atom is 0.323 e. The second-order valence-corrected chi connectivity index (χ2v) is 4.11. The molecule has 0 aromatic carbocycles. The third kappa shape index (κ3) is 2.85. The summed E-state index contributed by atoms with van der Waals surface area (Å²) in [7, 11) is -3.66. The Bertz CT molecular complexity index is 233. The van der Waals surface area contributed by atoms with Crippen LogP contribution >= 0.6 is 0 Å². The van der Waals surface area contributed by atoms with Crippen LogP contribution < -0.4 is 4.72 Å². The zero-order valence-corrected chi connectivity index (χ0v) is 7.18. The predicted octanol–water partition coefficient (Wildman–Crippen LogP) is -0.601. The van der Waals surface area contributed by atoms with E-state index < -0.39 is 21.2 Å². The summed E-state index contributed by atoms with van der Waals surface area (Å²) < 4.78 is 23.9. The molecule has 0 saturated heterocycles. The van der Waals surface area contributed by atoms with Crippen LogP contribution in [-0.2, 0) is 14.8 Å². The first-order valence-electron chi connectivity index (χ1n) is 3.13. The van der Waals surface area contributed by atoms with Crippen LogP contribution in [0.25, 0.3) is 0 Å². The third-order valence-corrected chi connectivity index (χ3v) is 2.98. The minimum atomic E-state index is -3.66. The van der Waals surface area contributed by atoms with Gasteiger partial charge in [0.25, 0.3) is 0 Å². The van der Waals surface area contributed by atoms with Gasteiger partial charge in [-0.2, -0.15) is 0 Å². The van der Waals surface area contributed by atoms with Crippen molar-refractivity contribution in [3.05, 3.63) is 0 Å². The highest BCUT2D eigenvalue weighted by molar-refractivity contribution is 7.90. The highest BCUT2D eigenvalue weighted by Crippen LogP contribution is 1.96. The minimum Gasteiger partial charge on any atom is -0.480 e. The molecule has 0 aliphatic carbocycles. The average Bonchev–Trinajstić information content (AvgIpc) is 1.86. The first-order chi connectivity index (χ1) is 4.91. The van der Waals surface area contributed by atoms with E-state index in [2.05, 4.69) is 4.72 Å². The van der Waals surface area contributed by atoms with E-state index in [1.165, 1.54) is 0 Å². The van der Waals surface area contributed by atoms with Gasteiger partial charge in [-0.25, -0.2) is 13.1 Å². The molecule has 0 aromatic heterocycles. The molecular formula is C5H11NO4S. The summed E-state index contributed by atoms with van der Waals surface area (Å²) in [5, 5.41) is 6.94. The van der Waals surface area contributed by atoms with Gasteiger partial charge in [0.1, 0.15) is 0 Å². The molecular weight excluding hydrogens is 170 g/mol. The highest BCUT2D eigenvalue weighted by atomic mass is 32.2. The first-order valence-corrected chi connectivity index (χ1v) is 4.67. The summed E-state index contributed by atoms with van der Waals surface area (Å²) in [6.45, 7) is 2.92. The van der Waals surface area contributed by atoms with Crippen molar-refractivity contribution in [3.8, 4) is 0 Å². The average molecular weight is 181 g/mol. The van der Waals surface area contributed by atoms with Crippen molar-refractivity contribution in [2.24, 2.45) is 0 Å². The second-order valence-electron chi connectivity index (χ2n) is 2.02. The molecule has 0 rings (SSSR count). The molecule has 6 heteroatoms. The number of carboxylic acid groups (broad SMARTS) is 1. The Morgan fingerprint density at radius 2 is 2.09 bits per heavy atom. The zero-order chi connectivity index (χ0) is 9.07. The SMILES string of the molecule is CCNS(=O)(=O)C(C)C(=O)O. The summed E-state index contributed by atoms with van der Waals surface area (Å²) >= 11 is 0. The van der Waals surface area contributed by atoms with Crippen LogP contribution in [0.1, 0.15) is 13.8 Å². The molecule has 0 radical (unpaired) electrons. The number of carboxylic acids is 1. The van der Waals surface area contributed by atoms with Gasteiger partial charge in [0.05, 0.1) is 0 Å². The topological polar surface area (TPSA) is 83.5 Å². The second kappa shape index (κ2) is 3.68. The monoisotopic (exact) mass is 181 g/mol. The van der Waals surface area contributed by atoms with Crippen LogP contribution in [0.5, 0.6) is 0 Å². The lowest BCUT2D eigenvalue weighted by Crippen LogP contribution is -2.37. The van der Waals surface area contributed by atoms with Crippen molar-refractivity contribution in [3.63, 3.8) is 0 Å². The van der Waals surface area contributed by atoms with E-state index in [4.69, 9.17) is 5.11 Å². The number of hydrogen-bond acceptors (Lipinski definition) is 3. The van der Waals surface area contributed by atoms with Gasteiger partial charge in [0, 0.05) is 6.54 Å². The molecule has 0 aliphatic heterocycles. The van der Waals surface area contributed by atoms with Crippen LogP contribution in [0.4, 0.5) is 0 Å². The van der Waals surface area contributed by atoms with Gasteiger partial charge in [-0.3, -0.25) is 4.79 Å². The van der Waals surface area contributed by atoms with Crippen LogP contribution in [0.3, 0.4) is 0 Å². The molecule has 0 saturated carbocycles. The van der Waals surface area contributed by atoms with Crippen molar-refractivity contribution in [1.29, 1.82) is 0 Å². The minimum absolute atomic E-state index is 0.208. The van der Waals surface area contributed by atoms with Crippen molar-refractivity contribution in [2.45, 2.75) is 19.1 Å². The summed E-state index contributed by atoms with van der Waals surface area (Å²) in [6, 6.07) is 0. The molecule has 0 amide bonds. The highest BCUT2D eigenvalue weighted by Gasteiger charge is 2.26. The number of hydrogen-bond donors (Lipinski definition) is 2. The maximum atomic E-state index is 10.9. The number of carbonyl (C=O) groups is 1. The van der Waals surface area contributed by atoms with Crippen LogP contribution in [-0.4, -0.2) is 31.3 Å². The summed E-state index contributed by atoms with van der Waals surface area (Å²) in [6.07, 6.45) is 0. The lowest BCUT2D eigenvalue weighted by molar-refractivity contribution is -0.136. The van der Waals surface area contributed by atoms with E-state index >= 15 is 0 Å². The normalized spacial score (nSPS) is 14.4. The quantitative estimate of drug-likeness (QED) is 0.606. The molecule has 0 bridgehead atoms. The van der Waals surface area contributed by atoms with E-state index in [1.807, 2.05) is 0 Å². The Morgan fingerprint density at radius 1 is 1.64 bits per heavy atom. The Balaban J connectivity index is 4.44. The molecule has 1 unspecified atom stereocenters. The maximum absolute atomic E-state index is 10.9. The van der Waals surface area contributed by atoms with Crippen LogP contribution in [0.15, 0.2) is 0 Å². The molecule has 0 aliphatic rings. The fourth-order valence-corrected chi connectivity index (χ4v) is 1.38. The lowest BCUT2D eigenvalue weighted by atomic mass is 10.5. The fraction of sp³-hybridized carbons (Fsp3) is 0.800. The molecule has 1 atom stereocenters. The number of nitrogens with one attached hydrogen (secondary N) is 1. The Morgan fingerprint density at radius 3 is 2.36 bits per heavy atom. The molecule has 0 heterocycles. The zero-order valence-electron chi connectivity index (χ0n) is 6.36. The molecule has 66 valence electrons. The Hall–Kier alpha value is -0.620. The van der Waals surface area contributed by atoms with Gasteiger partial charge in [-0.15, -0.1) is 0 Å². The van der Waals surface area contributed by atoms with Gasteiger partial charge in [0.2, 0.25) is 10.0 Å².